The zero-order chi connectivity index (χ0) is 10.6. The minimum absolute atomic E-state index is 0.179. The molecule has 0 aliphatic rings. The Labute approximate surface area is 92.7 Å². The maximum atomic E-state index is 5.87. The van der Waals surface area contributed by atoms with Crippen molar-refractivity contribution in [2.75, 3.05) is 6.61 Å². The van der Waals surface area contributed by atoms with Gasteiger partial charge in [-0.15, -0.1) is 0 Å². The van der Waals surface area contributed by atoms with Gasteiger partial charge in [-0.25, -0.2) is 5.90 Å². The molecule has 0 aliphatic carbocycles. The van der Waals surface area contributed by atoms with Crippen LogP contribution in [0.3, 0.4) is 0 Å². The van der Waals surface area contributed by atoms with E-state index in [9.17, 15) is 0 Å². The molecule has 0 bridgehead atoms. The van der Waals surface area contributed by atoms with E-state index in [1.54, 1.807) is 25.1 Å². The molecule has 1 aromatic carbocycles. The number of hydrogen-bond acceptors (Lipinski definition) is 3. The van der Waals surface area contributed by atoms with E-state index < -0.39 is 0 Å². The van der Waals surface area contributed by atoms with Gasteiger partial charge in [0.15, 0.2) is 0 Å². The fraction of sp³-hybridized carbons (Fsp3) is 0.333. The van der Waals surface area contributed by atoms with Crippen molar-refractivity contribution in [1.29, 1.82) is 0 Å². The molecule has 0 spiro atoms. The predicted molar refractivity (Wildman–Crippen MR) is 56.7 cm³/mol. The van der Waals surface area contributed by atoms with Gasteiger partial charge in [-0.05, 0) is 25.1 Å². The van der Waals surface area contributed by atoms with Gasteiger partial charge in [0.2, 0.25) is 0 Å². The van der Waals surface area contributed by atoms with Gasteiger partial charge in [0.05, 0.1) is 5.02 Å². The molecule has 2 N–H and O–H groups in total. The van der Waals surface area contributed by atoms with Crippen LogP contribution in [0.2, 0.25) is 10.0 Å². The second-order valence-electron chi connectivity index (χ2n) is 2.83. The highest BCUT2D eigenvalue weighted by Gasteiger charge is 2.05. The predicted octanol–water partition coefficient (Wildman–Crippen LogP) is 2.65. The summed E-state index contributed by atoms with van der Waals surface area (Å²) < 4.78 is 5.35. The Bertz CT molecular complexity index is 307. The molecule has 0 saturated carbocycles. The highest BCUT2D eigenvalue weighted by Crippen LogP contribution is 2.27. The molecule has 14 heavy (non-hydrogen) atoms. The fourth-order valence-electron chi connectivity index (χ4n) is 0.839. The molecule has 0 fully saturated rings. The van der Waals surface area contributed by atoms with Crippen molar-refractivity contribution in [2.45, 2.75) is 13.0 Å². The first-order valence-electron chi connectivity index (χ1n) is 4.07. The Hall–Kier alpha value is -0.480. The minimum atomic E-state index is -0.179. The summed E-state index contributed by atoms with van der Waals surface area (Å²) in [5.74, 6) is 5.53. The lowest BCUT2D eigenvalue weighted by Gasteiger charge is -2.11. The summed E-state index contributed by atoms with van der Waals surface area (Å²) in [7, 11) is 0. The Kier molecular flexibility index (Phi) is 4.48. The Morgan fingerprint density at radius 1 is 1.43 bits per heavy atom. The van der Waals surface area contributed by atoms with E-state index in [0.29, 0.717) is 22.4 Å². The average Bonchev–Trinajstić information content (AvgIpc) is 2.16. The fourth-order valence-corrected chi connectivity index (χ4v) is 1.30. The molecule has 0 heterocycles. The molecule has 0 saturated heterocycles. The topological polar surface area (TPSA) is 44.5 Å². The lowest BCUT2D eigenvalue weighted by atomic mass is 10.3. The van der Waals surface area contributed by atoms with E-state index in [4.69, 9.17) is 33.8 Å². The maximum absolute atomic E-state index is 5.87. The second kappa shape index (κ2) is 5.41. The highest BCUT2D eigenvalue weighted by molar-refractivity contribution is 6.35. The third-order valence-corrected chi connectivity index (χ3v) is 2.13. The number of rotatable bonds is 4. The SMILES string of the molecule is CC(COc1ccc(Cl)cc1Cl)ON. The van der Waals surface area contributed by atoms with Crippen LogP contribution >= 0.6 is 23.2 Å². The molecule has 1 atom stereocenters. The summed E-state index contributed by atoms with van der Waals surface area (Å²) in [5, 5.41) is 1.05. The molecule has 0 amide bonds. The first-order valence-corrected chi connectivity index (χ1v) is 4.82. The van der Waals surface area contributed by atoms with Crippen LogP contribution in [0.1, 0.15) is 6.92 Å². The van der Waals surface area contributed by atoms with Crippen molar-refractivity contribution in [3.8, 4) is 5.75 Å². The van der Waals surface area contributed by atoms with E-state index in [2.05, 4.69) is 4.84 Å². The van der Waals surface area contributed by atoms with Crippen LogP contribution in [0.5, 0.6) is 5.75 Å². The molecule has 0 aliphatic heterocycles. The molecule has 5 heteroatoms. The van der Waals surface area contributed by atoms with E-state index in [0.717, 1.165) is 0 Å². The summed E-state index contributed by atoms with van der Waals surface area (Å²) in [5.41, 5.74) is 0. The third kappa shape index (κ3) is 3.35. The number of hydrogen-bond donors (Lipinski definition) is 1. The maximum Gasteiger partial charge on any atom is 0.138 e. The zero-order valence-electron chi connectivity index (χ0n) is 7.67. The summed E-state index contributed by atoms with van der Waals surface area (Å²) >= 11 is 11.6. The number of ether oxygens (including phenoxy) is 1. The zero-order valence-corrected chi connectivity index (χ0v) is 9.18. The first kappa shape index (κ1) is 11.6. The van der Waals surface area contributed by atoms with Crippen molar-refractivity contribution in [1.82, 2.24) is 0 Å². The van der Waals surface area contributed by atoms with Crippen LogP contribution in [0.4, 0.5) is 0 Å². The number of halogens is 2. The summed E-state index contributed by atoms with van der Waals surface area (Å²) in [6.45, 7) is 2.14. The van der Waals surface area contributed by atoms with Crippen LogP contribution < -0.4 is 10.6 Å². The summed E-state index contributed by atoms with van der Waals surface area (Å²) in [4.78, 5) is 4.54. The summed E-state index contributed by atoms with van der Waals surface area (Å²) in [6, 6.07) is 5.02. The largest absolute Gasteiger partial charge is 0.489 e. The van der Waals surface area contributed by atoms with Gasteiger partial charge >= 0.3 is 0 Å². The van der Waals surface area contributed by atoms with E-state index >= 15 is 0 Å². The smallest absolute Gasteiger partial charge is 0.138 e. The quantitative estimate of drug-likeness (QED) is 0.817. The van der Waals surface area contributed by atoms with Crippen molar-refractivity contribution in [2.24, 2.45) is 5.90 Å². The van der Waals surface area contributed by atoms with Gasteiger partial charge in [-0.2, -0.15) is 0 Å². The molecule has 1 aromatic rings. The summed E-state index contributed by atoms with van der Waals surface area (Å²) in [6.07, 6.45) is -0.179. The molecular formula is C9H11Cl2NO2. The van der Waals surface area contributed by atoms with E-state index in [1.807, 2.05) is 0 Å². The molecular weight excluding hydrogens is 225 g/mol. The van der Waals surface area contributed by atoms with E-state index in [-0.39, 0.29) is 6.10 Å². The van der Waals surface area contributed by atoms with Gasteiger partial charge in [-0.3, -0.25) is 4.84 Å². The van der Waals surface area contributed by atoms with Crippen LogP contribution in [-0.4, -0.2) is 12.7 Å². The van der Waals surface area contributed by atoms with Gasteiger partial charge < -0.3 is 4.74 Å². The third-order valence-electron chi connectivity index (χ3n) is 1.60. The van der Waals surface area contributed by atoms with Gasteiger partial charge in [-0.1, -0.05) is 23.2 Å². The average molecular weight is 236 g/mol. The molecule has 1 rings (SSSR count). The molecule has 0 radical (unpaired) electrons. The van der Waals surface area contributed by atoms with E-state index in [1.165, 1.54) is 0 Å². The number of nitrogens with two attached hydrogens (primary N) is 1. The molecule has 0 aromatic heterocycles. The first-order chi connectivity index (χ1) is 6.63. The highest BCUT2D eigenvalue weighted by atomic mass is 35.5. The van der Waals surface area contributed by atoms with Crippen LogP contribution in [0.25, 0.3) is 0 Å². The monoisotopic (exact) mass is 235 g/mol. The Morgan fingerprint density at radius 3 is 2.71 bits per heavy atom. The van der Waals surface area contributed by atoms with Gasteiger partial charge in [0.1, 0.15) is 18.5 Å². The van der Waals surface area contributed by atoms with Crippen LogP contribution in [0.15, 0.2) is 18.2 Å². The standard InChI is InChI=1S/C9H11Cl2NO2/c1-6(14-12)5-13-9-3-2-7(10)4-8(9)11/h2-4,6H,5,12H2,1H3. The van der Waals surface area contributed by atoms with Gasteiger partial charge in [0.25, 0.3) is 0 Å². The van der Waals surface area contributed by atoms with Crippen molar-refractivity contribution >= 4 is 23.2 Å². The minimum Gasteiger partial charge on any atom is -0.489 e. The number of benzene rings is 1. The second-order valence-corrected chi connectivity index (χ2v) is 3.68. The molecule has 3 nitrogen and oxygen atoms in total. The molecule has 78 valence electrons. The van der Waals surface area contributed by atoms with Crippen molar-refractivity contribution in [3.63, 3.8) is 0 Å². The normalized spacial score (nSPS) is 12.6. The van der Waals surface area contributed by atoms with Crippen LogP contribution in [-0.2, 0) is 4.84 Å². The van der Waals surface area contributed by atoms with Crippen molar-refractivity contribution in [3.05, 3.63) is 28.2 Å². The van der Waals surface area contributed by atoms with Crippen LogP contribution in [0, 0.1) is 0 Å². The Morgan fingerprint density at radius 2 is 2.14 bits per heavy atom. The van der Waals surface area contributed by atoms with Gasteiger partial charge in [0, 0.05) is 5.02 Å². The molecule has 1 unspecified atom stereocenters. The van der Waals surface area contributed by atoms with Crippen molar-refractivity contribution < 1.29 is 9.57 Å². The lowest BCUT2D eigenvalue weighted by molar-refractivity contribution is 0.0319. The Balaban J connectivity index is 2.59. The lowest BCUT2D eigenvalue weighted by Crippen LogP contribution is -2.21.